The minimum Gasteiger partial charge on any atom is -0.481 e. The van der Waals surface area contributed by atoms with Crippen molar-refractivity contribution >= 4 is 29.1 Å². The summed E-state index contributed by atoms with van der Waals surface area (Å²) in [6, 6.07) is 5.10. The van der Waals surface area contributed by atoms with E-state index >= 15 is 0 Å². The molecule has 0 saturated heterocycles. The number of nitrogens with one attached hydrogen (secondary N) is 1. The van der Waals surface area contributed by atoms with E-state index in [0.29, 0.717) is 21.7 Å². The first-order chi connectivity index (χ1) is 9.66. The molecule has 1 aliphatic carbocycles. The third-order valence-electron chi connectivity index (χ3n) is 3.58. The third kappa shape index (κ3) is 4.57. The Labute approximate surface area is 129 Å². The van der Waals surface area contributed by atoms with Gasteiger partial charge in [-0.15, -0.1) is 0 Å². The number of amides is 1. The van der Waals surface area contributed by atoms with Gasteiger partial charge in [0.1, 0.15) is 0 Å². The van der Waals surface area contributed by atoms with Crippen LogP contribution in [0.1, 0.15) is 32.1 Å². The standard InChI is InChI=1S/C15H19Cl2NO2/c16-12-7-4-8-13(17)15(12)20-10-14(19)18-9-11-5-2-1-3-6-11/h4,7-8,11H,1-3,5-6,9-10H2,(H,18,19). The number of rotatable bonds is 5. The second-order valence-corrected chi connectivity index (χ2v) is 5.96. The lowest BCUT2D eigenvalue weighted by Crippen LogP contribution is -2.33. The number of benzene rings is 1. The van der Waals surface area contributed by atoms with Crippen LogP contribution in [-0.4, -0.2) is 19.1 Å². The van der Waals surface area contributed by atoms with Gasteiger partial charge in [0, 0.05) is 6.54 Å². The zero-order valence-electron chi connectivity index (χ0n) is 11.3. The Morgan fingerprint density at radius 3 is 2.50 bits per heavy atom. The second-order valence-electron chi connectivity index (χ2n) is 5.15. The first-order valence-electron chi connectivity index (χ1n) is 7.00. The molecule has 0 atom stereocenters. The van der Waals surface area contributed by atoms with Crippen molar-refractivity contribution in [3.05, 3.63) is 28.2 Å². The van der Waals surface area contributed by atoms with Crippen LogP contribution < -0.4 is 10.1 Å². The first kappa shape index (κ1) is 15.5. The molecule has 1 aromatic carbocycles. The Hall–Kier alpha value is -0.930. The first-order valence-corrected chi connectivity index (χ1v) is 7.76. The van der Waals surface area contributed by atoms with Gasteiger partial charge in [0.05, 0.1) is 10.0 Å². The molecule has 0 radical (unpaired) electrons. The van der Waals surface area contributed by atoms with Gasteiger partial charge in [-0.1, -0.05) is 48.5 Å². The van der Waals surface area contributed by atoms with Crippen LogP contribution in [0.5, 0.6) is 5.75 Å². The van der Waals surface area contributed by atoms with Crippen LogP contribution in [0, 0.1) is 5.92 Å². The molecule has 0 heterocycles. The van der Waals surface area contributed by atoms with Gasteiger partial charge >= 0.3 is 0 Å². The number of hydrogen-bond acceptors (Lipinski definition) is 2. The average molecular weight is 316 g/mol. The van der Waals surface area contributed by atoms with E-state index in [-0.39, 0.29) is 12.5 Å². The van der Waals surface area contributed by atoms with Crippen LogP contribution in [0.2, 0.25) is 10.0 Å². The molecule has 0 spiro atoms. The number of halogens is 2. The highest BCUT2D eigenvalue weighted by Crippen LogP contribution is 2.32. The van der Waals surface area contributed by atoms with Crippen LogP contribution in [0.3, 0.4) is 0 Å². The summed E-state index contributed by atoms with van der Waals surface area (Å²) < 4.78 is 5.39. The van der Waals surface area contributed by atoms with E-state index in [1.807, 2.05) is 0 Å². The number of carbonyl (C=O) groups excluding carboxylic acids is 1. The molecule has 5 heteroatoms. The van der Waals surface area contributed by atoms with E-state index < -0.39 is 0 Å². The van der Waals surface area contributed by atoms with E-state index in [9.17, 15) is 4.79 Å². The van der Waals surface area contributed by atoms with Crippen molar-refractivity contribution in [2.75, 3.05) is 13.2 Å². The molecule has 1 aliphatic rings. The van der Waals surface area contributed by atoms with Crippen molar-refractivity contribution in [3.8, 4) is 5.75 Å². The summed E-state index contributed by atoms with van der Waals surface area (Å²) in [6.45, 7) is 0.675. The fourth-order valence-corrected chi connectivity index (χ4v) is 2.97. The predicted octanol–water partition coefficient (Wildman–Crippen LogP) is 4.07. The molecule has 0 aromatic heterocycles. The van der Waals surface area contributed by atoms with Crippen LogP contribution in [-0.2, 0) is 4.79 Å². The molecular formula is C15H19Cl2NO2. The quantitative estimate of drug-likeness (QED) is 0.889. The van der Waals surface area contributed by atoms with Gasteiger partial charge in [0.25, 0.3) is 5.91 Å². The molecule has 1 aromatic rings. The van der Waals surface area contributed by atoms with Crippen molar-refractivity contribution in [3.63, 3.8) is 0 Å². The van der Waals surface area contributed by atoms with Crippen LogP contribution in [0.25, 0.3) is 0 Å². The van der Waals surface area contributed by atoms with Crippen LogP contribution >= 0.6 is 23.2 Å². The summed E-state index contributed by atoms with van der Waals surface area (Å²) in [6.07, 6.45) is 6.27. The Morgan fingerprint density at radius 2 is 1.85 bits per heavy atom. The maximum atomic E-state index is 11.8. The smallest absolute Gasteiger partial charge is 0.257 e. The van der Waals surface area contributed by atoms with Crippen LogP contribution in [0.4, 0.5) is 0 Å². The highest BCUT2D eigenvalue weighted by Gasteiger charge is 2.15. The number of carbonyl (C=O) groups is 1. The van der Waals surface area contributed by atoms with Crippen molar-refractivity contribution in [2.24, 2.45) is 5.92 Å². The fraction of sp³-hybridized carbons (Fsp3) is 0.533. The largest absolute Gasteiger partial charge is 0.481 e. The molecule has 2 rings (SSSR count). The third-order valence-corrected chi connectivity index (χ3v) is 4.17. The molecule has 1 amide bonds. The van der Waals surface area contributed by atoms with Crippen molar-refractivity contribution < 1.29 is 9.53 Å². The summed E-state index contributed by atoms with van der Waals surface area (Å²) in [5.74, 6) is 0.840. The number of ether oxygens (including phenoxy) is 1. The van der Waals surface area contributed by atoms with Gasteiger partial charge < -0.3 is 10.1 Å². The number of para-hydroxylation sites is 1. The Balaban J connectivity index is 1.74. The second kappa shape index (κ2) is 7.75. The lowest BCUT2D eigenvalue weighted by Gasteiger charge is -2.21. The molecule has 110 valence electrons. The molecule has 20 heavy (non-hydrogen) atoms. The highest BCUT2D eigenvalue weighted by molar-refractivity contribution is 6.37. The SMILES string of the molecule is O=C(COc1c(Cl)cccc1Cl)NCC1CCCCC1. The lowest BCUT2D eigenvalue weighted by atomic mass is 9.89. The topological polar surface area (TPSA) is 38.3 Å². The zero-order valence-corrected chi connectivity index (χ0v) is 12.8. The van der Waals surface area contributed by atoms with Crippen molar-refractivity contribution in [1.29, 1.82) is 0 Å². The van der Waals surface area contributed by atoms with Gasteiger partial charge in [-0.05, 0) is 30.9 Å². The molecule has 0 bridgehead atoms. The minimum atomic E-state index is -0.133. The van der Waals surface area contributed by atoms with E-state index in [1.54, 1.807) is 18.2 Å². The van der Waals surface area contributed by atoms with Crippen molar-refractivity contribution in [1.82, 2.24) is 5.32 Å². The van der Waals surface area contributed by atoms with Crippen molar-refractivity contribution in [2.45, 2.75) is 32.1 Å². The summed E-state index contributed by atoms with van der Waals surface area (Å²) in [7, 11) is 0. The van der Waals surface area contributed by atoms with E-state index in [4.69, 9.17) is 27.9 Å². The molecule has 1 fully saturated rings. The van der Waals surface area contributed by atoms with E-state index in [2.05, 4.69) is 5.32 Å². The number of hydrogen-bond donors (Lipinski definition) is 1. The summed E-state index contributed by atoms with van der Waals surface area (Å²) in [5.41, 5.74) is 0. The average Bonchev–Trinajstić information content (AvgIpc) is 2.46. The zero-order chi connectivity index (χ0) is 14.4. The van der Waals surface area contributed by atoms with E-state index in [1.165, 1.54) is 32.1 Å². The molecular weight excluding hydrogens is 297 g/mol. The van der Waals surface area contributed by atoms with Gasteiger partial charge in [-0.2, -0.15) is 0 Å². The van der Waals surface area contributed by atoms with Crippen LogP contribution in [0.15, 0.2) is 18.2 Å². The minimum absolute atomic E-state index is 0.0594. The van der Waals surface area contributed by atoms with Gasteiger partial charge in [-0.3, -0.25) is 4.79 Å². The molecule has 0 aliphatic heterocycles. The fourth-order valence-electron chi connectivity index (χ4n) is 2.46. The monoisotopic (exact) mass is 315 g/mol. The predicted molar refractivity (Wildman–Crippen MR) is 81.5 cm³/mol. The highest BCUT2D eigenvalue weighted by atomic mass is 35.5. The maximum absolute atomic E-state index is 11.8. The summed E-state index contributed by atoms with van der Waals surface area (Å²) in [4.78, 5) is 11.8. The normalized spacial score (nSPS) is 15.9. The van der Waals surface area contributed by atoms with Gasteiger partial charge in [0.15, 0.2) is 12.4 Å². The molecule has 0 unspecified atom stereocenters. The Morgan fingerprint density at radius 1 is 1.20 bits per heavy atom. The van der Waals surface area contributed by atoms with Gasteiger partial charge in [0.2, 0.25) is 0 Å². The van der Waals surface area contributed by atoms with E-state index in [0.717, 1.165) is 6.54 Å². The maximum Gasteiger partial charge on any atom is 0.257 e. The Bertz CT molecular complexity index is 439. The molecule has 1 saturated carbocycles. The van der Waals surface area contributed by atoms with Gasteiger partial charge in [-0.25, -0.2) is 0 Å². The Kier molecular flexibility index (Phi) is 5.99. The summed E-state index contributed by atoms with van der Waals surface area (Å²) >= 11 is 11.9. The lowest BCUT2D eigenvalue weighted by molar-refractivity contribution is -0.123. The molecule has 3 nitrogen and oxygen atoms in total. The molecule has 1 N–H and O–H groups in total. The summed E-state index contributed by atoms with van der Waals surface area (Å²) in [5, 5.41) is 3.74.